The van der Waals surface area contributed by atoms with Gasteiger partial charge in [0.1, 0.15) is 0 Å². The molecular formula is C7H16N2. The molecule has 0 bridgehead atoms. The molecule has 0 rings (SSSR count). The zero-order chi connectivity index (χ0) is 6.95. The molecule has 0 saturated carbocycles. The molecule has 2 nitrogen and oxygen atoms in total. The first kappa shape index (κ1) is 8.66. The van der Waals surface area contributed by atoms with Crippen molar-refractivity contribution in [3.63, 3.8) is 0 Å². The summed E-state index contributed by atoms with van der Waals surface area (Å²) in [4.78, 5) is 0. The number of likely N-dealkylation sites (N-methyl/N-ethyl adjacent to an activating group) is 1. The second-order valence-electron chi connectivity index (χ2n) is 1.93. The Balaban J connectivity index is 2.66. The zero-order valence-electron chi connectivity index (χ0n) is 6.11. The predicted molar refractivity (Wildman–Crippen MR) is 41.6 cm³/mol. The maximum absolute atomic E-state index is 3.62. The summed E-state index contributed by atoms with van der Waals surface area (Å²) in [5.74, 6) is 0. The van der Waals surface area contributed by atoms with Crippen LogP contribution in [0.4, 0.5) is 0 Å². The molecule has 0 aromatic heterocycles. The Morgan fingerprint density at radius 2 is 2.11 bits per heavy atom. The van der Waals surface area contributed by atoms with E-state index in [1.165, 1.54) is 0 Å². The van der Waals surface area contributed by atoms with Gasteiger partial charge in [0.25, 0.3) is 0 Å². The van der Waals surface area contributed by atoms with Gasteiger partial charge in [-0.2, -0.15) is 0 Å². The minimum absolute atomic E-state index is 1.04. The SMILES string of the molecule is C=CCCNCCNC. The summed E-state index contributed by atoms with van der Waals surface area (Å²) >= 11 is 0. The van der Waals surface area contributed by atoms with E-state index in [0.29, 0.717) is 0 Å². The first-order valence-electron chi connectivity index (χ1n) is 3.38. The van der Waals surface area contributed by atoms with Crippen molar-refractivity contribution in [1.82, 2.24) is 10.6 Å². The fourth-order valence-corrected chi connectivity index (χ4v) is 0.543. The topological polar surface area (TPSA) is 24.1 Å². The second-order valence-corrected chi connectivity index (χ2v) is 1.93. The van der Waals surface area contributed by atoms with Gasteiger partial charge < -0.3 is 10.6 Å². The number of hydrogen-bond donors (Lipinski definition) is 2. The highest BCUT2D eigenvalue weighted by Gasteiger charge is 1.80. The Hall–Kier alpha value is -0.340. The third-order valence-corrected chi connectivity index (χ3v) is 1.08. The van der Waals surface area contributed by atoms with Crippen LogP contribution in [0.5, 0.6) is 0 Å². The highest BCUT2D eigenvalue weighted by Crippen LogP contribution is 1.72. The summed E-state index contributed by atoms with van der Waals surface area (Å²) in [5.41, 5.74) is 0. The predicted octanol–water partition coefficient (Wildman–Crippen LogP) is 0.371. The minimum atomic E-state index is 1.04. The number of hydrogen-bond acceptors (Lipinski definition) is 2. The largest absolute Gasteiger partial charge is 0.318 e. The number of nitrogens with one attached hydrogen (secondary N) is 2. The molecule has 0 aliphatic rings. The highest BCUT2D eigenvalue weighted by molar-refractivity contribution is 4.67. The summed E-state index contributed by atoms with van der Waals surface area (Å²) in [6.07, 6.45) is 2.98. The maximum Gasteiger partial charge on any atom is 0.00767 e. The van der Waals surface area contributed by atoms with Crippen molar-refractivity contribution in [1.29, 1.82) is 0 Å². The van der Waals surface area contributed by atoms with Crippen LogP contribution in [0.25, 0.3) is 0 Å². The van der Waals surface area contributed by atoms with Gasteiger partial charge in [-0.25, -0.2) is 0 Å². The van der Waals surface area contributed by atoms with Crippen molar-refractivity contribution in [3.05, 3.63) is 12.7 Å². The third kappa shape index (κ3) is 7.66. The Bertz CT molecular complexity index is 61.9. The number of rotatable bonds is 6. The van der Waals surface area contributed by atoms with E-state index in [1.807, 2.05) is 13.1 Å². The molecule has 0 unspecified atom stereocenters. The van der Waals surface area contributed by atoms with Crippen molar-refractivity contribution in [3.8, 4) is 0 Å². The molecule has 2 heteroatoms. The van der Waals surface area contributed by atoms with Gasteiger partial charge in [-0.05, 0) is 20.0 Å². The first-order chi connectivity index (χ1) is 4.41. The fraction of sp³-hybridized carbons (Fsp3) is 0.714. The molecule has 0 aliphatic heterocycles. The molecule has 0 fully saturated rings. The summed E-state index contributed by atoms with van der Waals surface area (Å²) in [6, 6.07) is 0. The fourth-order valence-electron chi connectivity index (χ4n) is 0.543. The summed E-state index contributed by atoms with van der Waals surface area (Å²) in [5, 5.41) is 6.31. The molecule has 2 N–H and O–H groups in total. The van der Waals surface area contributed by atoms with E-state index >= 15 is 0 Å². The van der Waals surface area contributed by atoms with Crippen molar-refractivity contribution in [2.24, 2.45) is 0 Å². The molecule has 0 radical (unpaired) electrons. The van der Waals surface area contributed by atoms with Gasteiger partial charge in [-0.1, -0.05) is 6.08 Å². The van der Waals surface area contributed by atoms with Crippen LogP contribution in [0.3, 0.4) is 0 Å². The van der Waals surface area contributed by atoms with Crippen LogP contribution in [0.2, 0.25) is 0 Å². The summed E-state index contributed by atoms with van der Waals surface area (Å²) in [7, 11) is 1.95. The molecule has 54 valence electrons. The van der Waals surface area contributed by atoms with Crippen LogP contribution in [0.1, 0.15) is 6.42 Å². The molecule has 0 atom stereocenters. The molecule has 0 aromatic rings. The van der Waals surface area contributed by atoms with E-state index in [1.54, 1.807) is 0 Å². The van der Waals surface area contributed by atoms with Crippen molar-refractivity contribution >= 4 is 0 Å². The molecule has 9 heavy (non-hydrogen) atoms. The van der Waals surface area contributed by atoms with E-state index in [9.17, 15) is 0 Å². The highest BCUT2D eigenvalue weighted by atomic mass is 14.9. The minimum Gasteiger partial charge on any atom is -0.318 e. The lowest BCUT2D eigenvalue weighted by molar-refractivity contribution is 0.654. The molecular weight excluding hydrogens is 112 g/mol. The van der Waals surface area contributed by atoms with Gasteiger partial charge in [0, 0.05) is 13.1 Å². The standard InChI is InChI=1S/C7H16N2/c1-3-4-5-9-7-6-8-2/h3,8-9H,1,4-7H2,2H3. The smallest absolute Gasteiger partial charge is 0.00767 e. The lowest BCUT2D eigenvalue weighted by atomic mass is 10.4. The first-order valence-corrected chi connectivity index (χ1v) is 3.38. The Morgan fingerprint density at radius 3 is 2.67 bits per heavy atom. The average molecular weight is 128 g/mol. The van der Waals surface area contributed by atoms with Crippen LogP contribution in [0.15, 0.2) is 12.7 Å². The molecule has 0 saturated heterocycles. The molecule has 0 amide bonds. The van der Waals surface area contributed by atoms with Gasteiger partial charge in [-0.3, -0.25) is 0 Å². The molecule has 0 spiro atoms. The summed E-state index contributed by atoms with van der Waals surface area (Å²) < 4.78 is 0. The van der Waals surface area contributed by atoms with E-state index in [-0.39, 0.29) is 0 Å². The van der Waals surface area contributed by atoms with Gasteiger partial charge in [0.2, 0.25) is 0 Å². The van der Waals surface area contributed by atoms with E-state index in [2.05, 4.69) is 17.2 Å². The summed E-state index contributed by atoms with van der Waals surface area (Å²) in [6.45, 7) is 6.75. The lowest BCUT2D eigenvalue weighted by Gasteiger charge is -1.99. The van der Waals surface area contributed by atoms with Gasteiger partial charge >= 0.3 is 0 Å². The average Bonchev–Trinajstić information content (AvgIpc) is 1.89. The van der Waals surface area contributed by atoms with E-state index in [0.717, 1.165) is 26.1 Å². The monoisotopic (exact) mass is 128 g/mol. The van der Waals surface area contributed by atoms with Crippen molar-refractivity contribution in [2.45, 2.75) is 6.42 Å². The van der Waals surface area contributed by atoms with E-state index in [4.69, 9.17) is 0 Å². The van der Waals surface area contributed by atoms with E-state index < -0.39 is 0 Å². The molecule has 0 heterocycles. The van der Waals surface area contributed by atoms with Gasteiger partial charge in [0.15, 0.2) is 0 Å². The van der Waals surface area contributed by atoms with Crippen LogP contribution in [-0.4, -0.2) is 26.7 Å². The van der Waals surface area contributed by atoms with Crippen molar-refractivity contribution in [2.75, 3.05) is 26.7 Å². The van der Waals surface area contributed by atoms with Gasteiger partial charge in [0.05, 0.1) is 0 Å². The molecule has 0 aromatic carbocycles. The Morgan fingerprint density at radius 1 is 1.33 bits per heavy atom. The third-order valence-electron chi connectivity index (χ3n) is 1.08. The van der Waals surface area contributed by atoms with Crippen LogP contribution in [0, 0.1) is 0 Å². The van der Waals surface area contributed by atoms with Crippen molar-refractivity contribution < 1.29 is 0 Å². The quantitative estimate of drug-likeness (QED) is 0.399. The zero-order valence-corrected chi connectivity index (χ0v) is 6.11. The normalized spacial score (nSPS) is 9.44. The Labute approximate surface area is 57.3 Å². The van der Waals surface area contributed by atoms with Crippen LogP contribution >= 0.6 is 0 Å². The second kappa shape index (κ2) is 7.66. The molecule has 0 aliphatic carbocycles. The van der Waals surface area contributed by atoms with Crippen LogP contribution in [-0.2, 0) is 0 Å². The lowest BCUT2D eigenvalue weighted by Crippen LogP contribution is -2.25. The van der Waals surface area contributed by atoms with Gasteiger partial charge in [-0.15, -0.1) is 6.58 Å². The maximum atomic E-state index is 3.62. The Kier molecular flexibility index (Phi) is 7.37. The van der Waals surface area contributed by atoms with Crippen LogP contribution < -0.4 is 10.6 Å².